The lowest BCUT2D eigenvalue weighted by Gasteiger charge is -2.16. The third-order valence-electron chi connectivity index (χ3n) is 2.82. The van der Waals surface area contributed by atoms with Crippen LogP contribution in [0.25, 0.3) is 0 Å². The maximum Gasteiger partial charge on any atom is 0.248 e. The number of hydrogen-bond acceptors (Lipinski definition) is 3. The first-order valence-corrected chi connectivity index (χ1v) is 6.32. The Morgan fingerprint density at radius 2 is 2.15 bits per heavy atom. The number of aromatic nitrogens is 1. The number of carbonyl (C=O) groups excluding carboxylic acids is 1. The Bertz CT molecular complexity index is 631. The van der Waals surface area contributed by atoms with E-state index in [2.05, 4.69) is 10.3 Å². The molecule has 2 rings (SSSR count). The summed E-state index contributed by atoms with van der Waals surface area (Å²) in [5.41, 5.74) is 6.82. The van der Waals surface area contributed by atoms with Crippen molar-refractivity contribution in [1.29, 1.82) is 0 Å². The van der Waals surface area contributed by atoms with Gasteiger partial charge in [0.1, 0.15) is 5.82 Å². The second-order valence-electron chi connectivity index (χ2n) is 4.33. The number of amides is 1. The molecule has 0 saturated heterocycles. The number of halogens is 2. The number of primary amides is 1. The minimum Gasteiger partial charge on any atom is -0.376 e. The summed E-state index contributed by atoms with van der Waals surface area (Å²) >= 11 is 6.06. The predicted octanol–water partition coefficient (Wildman–Crippen LogP) is 3.15. The summed E-state index contributed by atoms with van der Waals surface area (Å²) < 4.78 is 12.8. The Kier molecular flexibility index (Phi) is 4.20. The summed E-state index contributed by atoms with van der Waals surface area (Å²) in [5.74, 6) is -0.924. The van der Waals surface area contributed by atoms with E-state index in [4.69, 9.17) is 17.3 Å². The van der Waals surface area contributed by atoms with E-state index in [0.717, 1.165) is 6.20 Å². The van der Waals surface area contributed by atoms with Crippen molar-refractivity contribution in [3.05, 3.63) is 58.6 Å². The molecule has 0 radical (unpaired) electrons. The largest absolute Gasteiger partial charge is 0.376 e. The molecular weight excluding hydrogens is 281 g/mol. The molecule has 0 aliphatic carbocycles. The molecule has 0 spiro atoms. The van der Waals surface area contributed by atoms with Crippen LogP contribution in [-0.4, -0.2) is 10.9 Å². The summed E-state index contributed by atoms with van der Waals surface area (Å²) in [6, 6.07) is 7.44. The fourth-order valence-corrected chi connectivity index (χ4v) is 1.91. The van der Waals surface area contributed by atoms with Gasteiger partial charge in [0.15, 0.2) is 0 Å². The summed E-state index contributed by atoms with van der Waals surface area (Å²) in [6.45, 7) is 1.85. The summed E-state index contributed by atoms with van der Waals surface area (Å²) in [6.07, 6.45) is 1.15. The van der Waals surface area contributed by atoms with Crippen molar-refractivity contribution in [2.24, 2.45) is 5.73 Å². The zero-order valence-electron chi connectivity index (χ0n) is 10.7. The third-order valence-corrected chi connectivity index (χ3v) is 3.15. The number of nitrogens with two attached hydrogens (primary N) is 1. The van der Waals surface area contributed by atoms with Gasteiger partial charge >= 0.3 is 0 Å². The lowest BCUT2D eigenvalue weighted by molar-refractivity contribution is 0.100. The molecular formula is C14H13ClFN3O. The monoisotopic (exact) mass is 293 g/mol. The minimum atomic E-state index is -0.530. The number of benzene rings is 1. The topological polar surface area (TPSA) is 68.0 Å². The fraction of sp³-hybridized carbons (Fsp3) is 0.143. The molecule has 1 aromatic carbocycles. The Morgan fingerprint density at radius 1 is 1.40 bits per heavy atom. The first kappa shape index (κ1) is 14.3. The number of nitrogens with one attached hydrogen (secondary N) is 1. The summed E-state index contributed by atoms with van der Waals surface area (Å²) in [5, 5.41) is 3.58. The number of nitrogens with zero attached hydrogens (tertiary/aromatic N) is 1. The van der Waals surface area contributed by atoms with Gasteiger partial charge in [-0.15, -0.1) is 0 Å². The highest BCUT2D eigenvalue weighted by atomic mass is 35.5. The normalized spacial score (nSPS) is 11.9. The van der Waals surface area contributed by atoms with Gasteiger partial charge in [-0.3, -0.25) is 9.78 Å². The van der Waals surface area contributed by atoms with Crippen LogP contribution in [0.4, 0.5) is 10.1 Å². The third kappa shape index (κ3) is 3.24. The zero-order valence-corrected chi connectivity index (χ0v) is 11.5. The van der Waals surface area contributed by atoms with Crippen LogP contribution in [0.1, 0.15) is 29.0 Å². The molecule has 1 unspecified atom stereocenters. The number of carbonyl (C=O) groups is 1. The number of hydrogen-bond donors (Lipinski definition) is 2. The molecule has 0 aliphatic rings. The molecule has 0 saturated carbocycles. The van der Waals surface area contributed by atoms with Crippen molar-refractivity contribution < 1.29 is 9.18 Å². The highest BCUT2D eigenvalue weighted by molar-refractivity contribution is 6.33. The van der Waals surface area contributed by atoms with Crippen molar-refractivity contribution in [2.45, 2.75) is 13.0 Å². The Morgan fingerprint density at radius 3 is 2.75 bits per heavy atom. The van der Waals surface area contributed by atoms with Gasteiger partial charge in [-0.25, -0.2) is 4.39 Å². The van der Waals surface area contributed by atoms with Crippen LogP contribution in [0.2, 0.25) is 5.02 Å². The summed E-state index contributed by atoms with van der Waals surface area (Å²) in [7, 11) is 0. The van der Waals surface area contributed by atoms with Crippen LogP contribution in [0, 0.1) is 5.82 Å². The van der Waals surface area contributed by atoms with Gasteiger partial charge in [0.25, 0.3) is 0 Å². The maximum atomic E-state index is 12.8. The van der Waals surface area contributed by atoms with Gasteiger partial charge in [0.05, 0.1) is 28.6 Å². The van der Waals surface area contributed by atoms with Crippen LogP contribution in [0.5, 0.6) is 0 Å². The average molecular weight is 294 g/mol. The summed E-state index contributed by atoms with van der Waals surface area (Å²) in [4.78, 5) is 15.1. The van der Waals surface area contributed by atoms with Gasteiger partial charge in [-0.2, -0.15) is 0 Å². The molecule has 1 amide bonds. The van der Waals surface area contributed by atoms with Crippen molar-refractivity contribution in [2.75, 3.05) is 5.32 Å². The lowest BCUT2D eigenvalue weighted by Crippen LogP contribution is -2.13. The smallest absolute Gasteiger partial charge is 0.248 e. The van der Waals surface area contributed by atoms with Gasteiger partial charge < -0.3 is 11.1 Å². The Balaban J connectivity index is 2.22. The Hall–Kier alpha value is -2.14. The van der Waals surface area contributed by atoms with E-state index >= 15 is 0 Å². The number of pyridine rings is 1. The molecule has 0 bridgehead atoms. The minimum absolute atomic E-state index is 0.198. The van der Waals surface area contributed by atoms with E-state index in [0.29, 0.717) is 22.0 Å². The van der Waals surface area contributed by atoms with Crippen molar-refractivity contribution in [1.82, 2.24) is 4.98 Å². The van der Waals surface area contributed by atoms with E-state index in [1.807, 2.05) is 6.92 Å². The van der Waals surface area contributed by atoms with Gasteiger partial charge in [-0.05, 0) is 37.3 Å². The van der Waals surface area contributed by atoms with E-state index in [1.165, 1.54) is 6.07 Å². The highest BCUT2D eigenvalue weighted by Gasteiger charge is 2.11. The van der Waals surface area contributed by atoms with E-state index in [-0.39, 0.29) is 6.04 Å². The second kappa shape index (κ2) is 5.88. The molecule has 0 fully saturated rings. The standard InChI is InChI=1S/C14H13ClFN3O/c1-8(12-5-3-10(16)7-18-12)19-13-6-9(14(17)20)2-4-11(13)15/h2-8,19H,1H3,(H2,17,20). The highest BCUT2D eigenvalue weighted by Crippen LogP contribution is 2.26. The fourth-order valence-electron chi connectivity index (χ4n) is 1.74. The van der Waals surface area contributed by atoms with E-state index in [1.54, 1.807) is 24.3 Å². The molecule has 1 atom stereocenters. The van der Waals surface area contributed by atoms with Crippen molar-refractivity contribution >= 4 is 23.2 Å². The van der Waals surface area contributed by atoms with Crippen LogP contribution in [0.15, 0.2) is 36.5 Å². The van der Waals surface area contributed by atoms with Gasteiger partial charge in [-0.1, -0.05) is 11.6 Å². The van der Waals surface area contributed by atoms with Crippen molar-refractivity contribution in [3.63, 3.8) is 0 Å². The SMILES string of the molecule is CC(Nc1cc(C(N)=O)ccc1Cl)c1ccc(F)cn1. The molecule has 0 aliphatic heterocycles. The predicted molar refractivity (Wildman–Crippen MR) is 76.2 cm³/mol. The average Bonchev–Trinajstić information content (AvgIpc) is 2.41. The zero-order chi connectivity index (χ0) is 14.7. The van der Waals surface area contributed by atoms with Crippen LogP contribution in [-0.2, 0) is 0 Å². The first-order valence-electron chi connectivity index (χ1n) is 5.94. The van der Waals surface area contributed by atoms with Crippen LogP contribution < -0.4 is 11.1 Å². The molecule has 20 heavy (non-hydrogen) atoms. The molecule has 1 aromatic heterocycles. The van der Waals surface area contributed by atoms with Gasteiger partial charge in [0, 0.05) is 5.56 Å². The van der Waals surface area contributed by atoms with E-state index < -0.39 is 11.7 Å². The van der Waals surface area contributed by atoms with Crippen LogP contribution >= 0.6 is 11.6 Å². The first-order chi connectivity index (χ1) is 9.47. The number of rotatable bonds is 4. The van der Waals surface area contributed by atoms with Crippen molar-refractivity contribution in [3.8, 4) is 0 Å². The van der Waals surface area contributed by atoms with E-state index in [9.17, 15) is 9.18 Å². The molecule has 104 valence electrons. The number of anilines is 1. The second-order valence-corrected chi connectivity index (χ2v) is 4.73. The molecule has 2 aromatic rings. The molecule has 6 heteroatoms. The maximum absolute atomic E-state index is 12.8. The quantitative estimate of drug-likeness (QED) is 0.910. The van der Waals surface area contributed by atoms with Gasteiger partial charge in [0.2, 0.25) is 5.91 Å². The lowest BCUT2D eigenvalue weighted by atomic mass is 10.1. The van der Waals surface area contributed by atoms with Crippen LogP contribution in [0.3, 0.4) is 0 Å². The molecule has 4 nitrogen and oxygen atoms in total. The molecule has 1 heterocycles. The Labute approximate surface area is 120 Å². The molecule has 3 N–H and O–H groups in total.